The molecule has 1 aromatic rings. The monoisotopic (exact) mass is 291 g/mol. The van der Waals surface area contributed by atoms with E-state index in [9.17, 15) is 14.4 Å². The number of hydrogen-bond donors (Lipinski definition) is 2. The summed E-state index contributed by atoms with van der Waals surface area (Å²) in [6, 6.07) is 8.56. The maximum atomic E-state index is 11.8. The van der Waals surface area contributed by atoms with Crippen LogP contribution in [0.25, 0.3) is 0 Å². The van der Waals surface area contributed by atoms with Gasteiger partial charge in [0.15, 0.2) is 0 Å². The number of hydrogen-bond acceptors (Lipinski definition) is 4. The predicted octanol–water partition coefficient (Wildman–Crippen LogP) is -0.130. The fraction of sp³-hybridized carbons (Fsp3) is 0.357. The van der Waals surface area contributed by atoms with Crippen molar-refractivity contribution in [3.8, 4) is 0 Å². The number of methoxy groups -OCH3 is 1. The van der Waals surface area contributed by atoms with Gasteiger partial charge in [-0.2, -0.15) is 0 Å². The molecular weight excluding hydrogens is 274 g/mol. The van der Waals surface area contributed by atoms with Crippen LogP contribution in [-0.4, -0.2) is 49.0 Å². The number of amides is 3. The van der Waals surface area contributed by atoms with E-state index in [2.05, 4.69) is 15.4 Å². The van der Waals surface area contributed by atoms with Crippen LogP contribution in [-0.2, 0) is 20.9 Å². The van der Waals surface area contributed by atoms with Gasteiger partial charge < -0.3 is 20.3 Å². The summed E-state index contributed by atoms with van der Waals surface area (Å²) in [5.74, 6) is -0.932. The Hall–Kier alpha value is -2.57. The Morgan fingerprint density at radius 1 is 1.38 bits per heavy atom. The van der Waals surface area contributed by atoms with Crippen molar-refractivity contribution in [2.75, 3.05) is 20.2 Å². The summed E-state index contributed by atoms with van der Waals surface area (Å²) in [6.07, 6.45) is 0. The average Bonchev–Trinajstić information content (AvgIpc) is 2.86. The number of carbonyl (C=O) groups excluding carboxylic acids is 3. The highest BCUT2D eigenvalue weighted by molar-refractivity contribution is 5.91. The van der Waals surface area contributed by atoms with E-state index in [4.69, 9.17) is 0 Å². The fourth-order valence-electron chi connectivity index (χ4n) is 2.03. The average molecular weight is 291 g/mol. The standard InChI is InChI=1S/C14H17N3O4/c1-21-12(18)7-15-13(19)11-9-17(14(20)16-11)8-10-5-3-2-4-6-10/h2-6,11H,7-9H2,1H3,(H,15,19)(H,16,20). The lowest BCUT2D eigenvalue weighted by Crippen LogP contribution is -2.44. The second-order valence-electron chi connectivity index (χ2n) is 4.66. The Labute approximate surface area is 122 Å². The second-order valence-corrected chi connectivity index (χ2v) is 4.66. The number of carbonyl (C=O) groups is 3. The van der Waals surface area contributed by atoms with Gasteiger partial charge in [0.1, 0.15) is 12.6 Å². The number of esters is 1. The van der Waals surface area contributed by atoms with Crippen LogP contribution < -0.4 is 10.6 Å². The second kappa shape index (κ2) is 6.74. The van der Waals surface area contributed by atoms with Crippen molar-refractivity contribution >= 4 is 17.9 Å². The van der Waals surface area contributed by atoms with Gasteiger partial charge in [-0.1, -0.05) is 30.3 Å². The molecule has 1 aliphatic rings. The summed E-state index contributed by atoms with van der Waals surface area (Å²) in [5, 5.41) is 5.01. The van der Waals surface area contributed by atoms with Crippen molar-refractivity contribution in [1.29, 1.82) is 0 Å². The Morgan fingerprint density at radius 2 is 2.10 bits per heavy atom. The first kappa shape index (κ1) is 14.8. The molecule has 21 heavy (non-hydrogen) atoms. The molecule has 2 rings (SSSR count). The first-order valence-electron chi connectivity index (χ1n) is 6.54. The molecule has 0 saturated carbocycles. The molecule has 112 valence electrons. The molecule has 3 amide bonds. The molecule has 2 N–H and O–H groups in total. The largest absolute Gasteiger partial charge is 0.468 e. The highest BCUT2D eigenvalue weighted by Gasteiger charge is 2.33. The van der Waals surface area contributed by atoms with E-state index in [-0.39, 0.29) is 19.1 Å². The van der Waals surface area contributed by atoms with Crippen LogP contribution in [0.5, 0.6) is 0 Å². The molecule has 0 spiro atoms. The molecule has 1 saturated heterocycles. The van der Waals surface area contributed by atoms with Crippen LogP contribution >= 0.6 is 0 Å². The minimum absolute atomic E-state index is 0.208. The Balaban J connectivity index is 1.87. The van der Waals surface area contributed by atoms with E-state index in [0.29, 0.717) is 6.54 Å². The number of urea groups is 1. The summed E-state index contributed by atoms with van der Waals surface area (Å²) >= 11 is 0. The summed E-state index contributed by atoms with van der Waals surface area (Å²) in [6.45, 7) is 0.495. The van der Waals surface area contributed by atoms with Gasteiger partial charge in [-0.25, -0.2) is 4.79 Å². The molecule has 0 radical (unpaired) electrons. The number of ether oxygens (including phenoxy) is 1. The van der Waals surface area contributed by atoms with Crippen LogP contribution in [0.3, 0.4) is 0 Å². The third kappa shape index (κ3) is 3.95. The smallest absolute Gasteiger partial charge is 0.325 e. The van der Waals surface area contributed by atoms with Gasteiger partial charge in [-0.05, 0) is 5.56 Å². The molecule has 1 heterocycles. The normalized spacial score (nSPS) is 17.3. The quantitative estimate of drug-likeness (QED) is 0.740. The minimum atomic E-state index is -0.661. The van der Waals surface area contributed by atoms with Crippen molar-refractivity contribution in [3.05, 3.63) is 35.9 Å². The predicted molar refractivity (Wildman–Crippen MR) is 74.2 cm³/mol. The molecule has 1 aromatic carbocycles. The minimum Gasteiger partial charge on any atom is -0.468 e. The number of benzene rings is 1. The first-order chi connectivity index (χ1) is 10.1. The highest BCUT2D eigenvalue weighted by atomic mass is 16.5. The van der Waals surface area contributed by atoms with E-state index in [1.165, 1.54) is 7.11 Å². The van der Waals surface area contributed by atoms with E-state index < -0.39 is 17.9 Å². The third-order valence-corrected chi connectivity index (χ3v) is 3.16. The molecule has 7 heteroatoms. The van der Waals surface area contributed by atoms with Crippen molar-refractivity contribution < 1.29 is 19.1 Å². The summed E-state index contributed by atoms with van der Waals surface area (Å²) in [5.41, 5.74) is 0.989. The Bertz CT molecular complexity index is 532. The van der Waals surface area contributed by atoms with Crippen molar-refractivity contribution in [2.45, 2.75) is 12.6 Å². The van der Waals surface area contributed by atoms with Crippen LogP contribution in [0, 0.1) is 0 Å². The highest BCUT2D eigenvalue weighted by Crippen LogP contribution is 2.10. The molecule has 1 aliphatic heterocycles. The molecule has 0 aliphatic carbocycles. The van der Waals surface area contributed by atoms with E-state index in [0.717, 1.165) is 5.56 Å². The topological polar surface area (TPSA) is 87.7 Å². The van der Waals surface area contributed by atoms with Crippen LogP contribution in [0.4, 0.5) is 4.79 Å². The van der Waals surface area contributed by atoms with Gasteiger partial charge in [-0.15, -0.1) is 0 Å². The fourth-order valence-corrected chi connectivity index (χ4v) is 2.03. The van der Waals surface area contributed by atoms with Gasteiger partial charge in [-0.3, -0.25) is 9.59 Å². The lowest BCUT2D eigenvalue weighted by molar-refractivity contribution is -0.141. The SMILES string of the molecule is COC(=O)CNC(=O)C1CN(Cc2ccccc2)C(=O)N1. The van der Waals surface area contributed by atoms with E-state index >= 15 is 0 Å². The lowest BCUT2D eigenvalue weighted by atomic mass is 10.2. The zero-order valence-electron chi connectivity index (χ0n) is 11.7. The maximum Gasteiger partial charge on any atom is 0.325 e. The maximum absolute atomic E-state index is 11.8. The van der Waals surface area contributed by atoms with Gasteiger partial charge in [0.25, 0.3) is 0 Å². The van der Waals surface area contributed by atoms with Crippen molar-refractivity contribution in [3.63, 3.8) is 0 Å². The summed E-state index contributed by atoms with van der Waals surface area (Å²) < 4.78 is 4.43. The molecule has 0 bridgehead atoms. The summed E-state index contributed by atoms with van der Waals surface area (Å²) in [7, 11) is 1.24. The molecule has 1 atom stereocenters. The summed E-state index contributed by atoms with van der Waals surface area (Å²) in [4.78, 5) is 36.2. The zero-order valence-corrected chi connectivity index (χ0v) is 11.7. The molecule has 1 fully saturated rings. The number of nitrogens with zero attached hydrogens (tertiary/aromatic N) is 1. The third-order valence-electron chi connectivity index (χ3n) is 3.16. The first-order valence-corrected chi connectivity index (χ1v) is 6.54. The Morgan fingerprint density at radius 3 is 2.76 bits per heavy atom. The van der Waals surface area contributed by atoms with E-state index in [1.54, 1.807) is 4.90 Å². The van der Waals surface area contributed by atoms with Gasteiger partial charge >= 0.3 is 12.0 Å². The molecule has 7 nitrogen and oxygen atoms in total. The van der Waals surface area contributed by atoms with Gasteiger partial charge in [0, 0.05) is 6.54 Å². The van der Waals surface area contributed by atoms with Gasteiger partial charge in [0.2, 0.25) is 5.91 Å². The Kier molecular flexibility index (Phi) is 4.76. The zero-order chi connectivity index (χ0) is 15.2. The molecular formula is C14H17N3O4. The molecule has 0 aromatic heterocycles. The lowest BCUT2D eigenvalue weighted by Gasteiger charge is -2.14. The van der Waals surface area contributed by atoms with Crippen LogP contribution in [0.1, 0.15) is 5.56 Å². The molecule has 1 unspecified atom stereocenters. The van der Waals surface area contributed by atoms with Crippen molar-refractivity contribution in [1.82, 2.24) is 15.5 Å². The van der Waals surface area contributed by atoms with Gasteiger partial charge in [0.05, 0.1) is 13.7 Å². The van der Waals surface area contributed by atoms with Crippen LogP contribution in [0.15, 0.2) is 30.3 Å². The number of nitrogens with one attached hydrogen (secondary N) is 2. The van der Waals surface area contributed by atoms with Crippen molar-refractivity contribution in [2.24, 2.45) is 0 Å². The van der Waals surface area contributed by atoms with Crippen LogP contribution in [0.2, 0.25) is 0 Å². The number of rotatable bonds is 5. The van der Waals surface area contributed by atoms with E-state index in [1.807, 2.05) is 30.3 Å².